The summed E-state index contributed by atoms with van der Waals surface area (Å²) in [6, 6.07) is 5.83. The first-order valence-electron chi connectivity index (χ1n) is 7.06. The van der Waals surface area contributed by atoms with Gasteiger partial charge in [0.05, 0.1) is 17.7 Å². The molecule has 1 amide bonds. The Bertz CT molecular complexity index is 545. The molecule has 5 nitrogen and oxygen atoms in total. The lowest BCUT2D eigenvalue weighted by Crippen LogP contribution is -2.45. The van der Waals surface area contributed by atoms with Gasteiger partial charge in [-0.25, -0.2) is 4.98 Å². The van der Waals surface area contributed by atoms with Crippen LogP contribution < -0.4 is 11.1 Å². The maximum atomic E-state index is 12.3. The van der Waals surface area contributed by atoms with E-state index in [1.807, 2.05) is 48.8 Å². The highest BCUT2D eigenvalue weighted by Crippen LogP contribution is 2.25. The van der Waals surface area contributed by atoms with Gasteiger partial charge in [0, 0.05) is 18.9 Å². The monoisotopic (exact) mass is 274 g/mol. The smallest absolute Gasteiger partial charge is 0.227 e. The van der Waals surface area contributed by atoms with Gasteiger partial charge in [-0.2, -0.15) is 0 Å². The van der Waals surface area contributed by atoms with Crippen LogP contribution in [0.4, 0.5) is 0 Å². The molecule has 0 saturated carbocycles. The number of rotatable bonds is 6. The summed E-state index contributed by atoms with van der Waals surface area (Å²) in [4.78, 5) is 16.8. The molecule has 2 aromatic heterocycles. The first kappa shape index (κ1) is 14.5. The van der Waals surface area contributed by atoms with Crippen molar-refractivity contribution in [2.45, 2.75) is 33.2 Å². The molecular weight excluding hydrogens is 252 g/mol. The minimum absolute atomic E-state index is 0.0158. The zero-order valence-corrected chi connectivity index (χ0v) is 12.1. The molecule has 0 saturated heterocycles. The number of carbonyl (C=O) groups is 1. The van der Waals surface area contributed by atoms with E-state index < -0.39 is 5.41 Å². The second-order valence-corrected chi connectivity index (χ2v) is 5.07. The van der Waals surface area contributed by atoms with Crippen molar-refractivity contribution in [2.24, 2.45) is 11.1 Å². The summed E-state index contributed by atoms with van der Waals surface area (Å²) >= 11 is 0. The van der Waals surface area contributed by atoms with E-state index >= 15 is 0 Å². The summed E-state index contributed by atoms with van der Waals surface area (Å²) in [7, 11) is 0. The number of pyridine rings is 1. The van der Waals surface area contributed by atoms with Crippen LogP contribution in [0.3, 0.4) is 0 Å². The highest BCUT2D eigenvalue weighted by Gasteiger charge is 2.33. The number of hydrogen-bond acceptors (Lipinski definition) is 3. The lowest BCUT2D eigenvalue weighted by molar-refractivity contribution is -0.131. The summed E-state index contributed by atoms with van der Waals surface area (Å²) in [6.45, 7) is 4.81. The number of amides is 1. The van der Waals surface area contributed by atoms with Crippen LogP contribution in [0.5, 0.6) is 0 Å². The van der Waals surface area contributed by atoms with Crippen LogP contribution >= 0.6 is 0 Å². The second-order valence-electron chi connectivity index (χ2n) is 5.07. The summed E-state index contributed by atoms with van der Waals surface area (Å²) in [5.41, 5.74) is 7.05. The molecule has 0 aromatic carbocycles. The van der Waals surface area contributed by atoms with Crippen molar-refractivity contribution >= 4 is 11.6 Å². The van der Waals surface area contributed by atoms with Crippen molar-refractivity contribution in [3.8, 4) is 0 Å². The van der Waals surface area contributed by atoms with E-state index in [0.29, 0.717) is 13.1 Å². The molecule has 108 valence electrons. The molecule has 2 heterocycles. The van der Waals surface area contributed by atoms with Crippen molar-refractivity contribution in [1.82, 2.24) is 14.7 Å². The molecule has 0 fully saturated rings. The molecule has 2 aromatic rings. The van der Waals surface area contributed by atoms with Gasteiger partial charge in [0.2, 0.25) is 5.91 Å². The molecule has 0 bridgehead atoms. The first-order chi connectivity index (χ1) is 9.65. The Morgan fingerprint density at radius 3 is 2.75 bits per heavy atom. The van der Waals surface area contributed by atoms with Crippen LogP contribution in [-0.4, -0.2) is 21.8 Å². The predicted octanol–water partition coefficient (Wildman–Crippen LogP) is 1.72. The number of nitrogens with one attached hydrogen (secondary N) is 1. The summed E-state index contributed by atoms with van der Waals surface area (Å²) in [6.07, 6.45) is 5.36. The van der Waals surface area contributed by atoms with Crippen LogP contribution in [0.1, 0.15) is 32.4 Å². The normalized spacial score (nSPS) is 11.8. The number of nitrogens with zero attached hydrogens (tertiary/aromatic N) is 2. The fourth-order valence-corrected chi connectivity index (χ4v) is 2.38. The van der Waals surface area contributed by atoms with Crippen molar-refractivity contribution in [3.05, 3.63) is 36.3 Å². The minimum atomic E-state index is -0.459. The summed E-state index contributed by atoms with van der Waals surface area (Å²) in [5, 5.41) is 2.96. The Labute approximate surface area is 119 Å². The number of carbonyl (C=O) groups excluding carboxylic acids is 1. The summed E-state index contributed by atoms with van der Waals surface area (Å²) < 4.78 is 1.94. The summed E-state index contributed by atoms with van der Waals surface area (Å²) in [5.74, 6) is 0.0158. The molecule has 0 aliphatic heterocycles. The van der Waals surface area contributed by atoms with E-state index in [-0.39, 0.29) is 5.91 Å². The molecular formula is C15H22N4O. The lowest BCUT2D eigenvalue weighted by atomic mass is 9.81. The van der Waals surface area contributed by atoms with Gasteiger partial charge in [0.15, 0.2) is 0 Å². The zero-order chi connectivity index (χ0) is 14.6. The standard InChI is InChI=1S/C15H22N4O/c1-3-15(4-2,11-16)14(20)17-9-12-10-19-8-6-5-7-13(19)18-12/h5-8,10H,3-4,9,11,16H2,1-2H3,(H,17,20). The number of imidazole rings is 1. The van der Waals surface area contributed by atoms with Gasteiger partial charge >= 0.3 is 0 Å². The Balaban J connectivity index is 2.06. The van der Waals surface area contributed by atoms with E-state index in [1.165, 1.54) is 0 Å². The molecule has 0 atom stereocenters. The highest BCUT2D eigenvalue weighted by molar-refractivity contribution is 5.82. The van der Waals surface area contributed by atoms with Crippen LogP contribution in [0.25, 0.3) is 5.65 Å². The van der Waals surface area contributed by atoms with Crippen LogP contribution in [0.2, 0.25) is 0 Å². The zero-order valence-electron chi connectivity index (χ0n) is 12.1. The van der Waals surface area contributed by atoms with Gasteiger partial charge in [0.25, 0.3) is 0 Å². The van der Waals surface area contributed by atoms with E-state index in [2.05, 4.69) is 10.3 Å². The maximum Gasteiger partial charge on any atom is 0.227 e. The molecule has 0 spiro atoms. The van der Waals surface area contributed by atoms with Crippen molar-refractivity contribution in [3.63, 3.8) is 0 Å². The van der Waals surface area contributed by atoms with Crippen LogP contribution in [0.15, 0.2) is 30.6 Å². The fraction of sp³-hybridized carbons (Fsp3) is 0.467. The van der Waals surface area contributed by atoms with E-state index in [4.69, 9.17) is 5.73 Å². The largest absolute Gasteiger partial charge is 0.350 e. The fourth-order valence-electron chi connectivity index (χ4n) is 2.38. The van der Waals surface area contributed by atoms with E-state index in [1.54, 1.807) is 0 Å². The van der Waals surface area contributed by atoms with E-state index in [9.17, 15) is 4.79 Å². The quantitative estimate of drug-likeness (QED) is 0.842. The molecule has 20 heavy (non-hydrogen) atoms. The van der Waals surface area contributed by atoms with E-state index in [0.717, 1.165) is 24.2 Å². The average molecular weight is 274 g/mol. The Kier molecular flexibility index (Phi) is 4.39. The Hall–Kier alpha value is -1.88. The van der Waals surface area contributed by atoms with Crippen LogP contribution in [-0.2, 0) is 11.3 Å². The molecule has 0 radical (unpaired) electrons. The third kappa shape index (κ3) is 2.67. The maximum absolute atomic E-state index is 12.3. The van der Waals surface area contributed by atoms with Crippen molar-refractivity contribution in [1.29, 1.82) is 0 Å². The second kappa shape index (κ2) is 6.05. The molecule has 2 rings (SSSR count). The third-order valence-corrected chi connectivity index (χ3v) is 4.07. The van der Waals surface area contributed by atoms with Gasteiger partial charge in [-0.1, -0.05) is 19.9 Å². The minimum Gasteiger partial charge on any atom is -0.350 e. The topological polar surface area (TPSA) is 72.4 Å². The number of aromatic nitrogens is 2. The highest BCUT2D eigenvalue weighted by atomic mass is 16.2. The molecule has 3 N–H and O–H groups in total. The lowest BCUT2D eigenvalue weighted by Gasteiger charge is -2.28. The number of fused-ring (bicyclic) bond motifs is 1. The molecule has 0 unspecified atom stereocenters. The third-order valence-electron chi connectivity index (χ3n) is 4.07. The SMILES string of the molecule is CCC(CC)(CN)C(=O)NCc1cn2ccccc2n1. The number of nitrogens with two attached hydrogens (primary N) is 1. The van der Waals surface area contributed by atoms with Gasteiger partial charge in [-0.05, 0) is 25.0 Å². The average Bonchev–Trinajstić information content (AvgIpc) is 2.90. The van der Waals surface area contributed by atoms with Crippen molar-refractivity contribution in [2.75, 3.05) is 6.54 Å². The van der Waals surface area contributed by atoms with Gasteiger partial charge < -0.3 is 15.5 Å². The van der Waals surface area contributed by atoms with Crippen molar-refractivity contribution < 1.29 is 4.79 Å². The van der Waals surface area contributed by atoms with Gasteiger partial charge in [0.1, 0.15) is 5.65 Å². The Morgan fingerprint density at radius 1 is 1.40 bits per heavy atom. The molecule has 5 heteroatoms. The van der Waals surface area contributed by atoms with Gasteiger partial charge in [-0.15, -0.1) is 0 Å². The molecule has 0 aliphatic carbocycles. The van der Waals surface area contributed by atoms with Gasteiger partial charge in [-0.3, -0.25) is 4.79 Å². The predicted molar refractivity (Wildman–Crippen MR) is 79.1 cm³/mol. The van der Waals surface area contributed by atoms with Crippen LogP contribution in [0, 0.1) is 5.41 Å². The molecule has 0 aliphatic rings. The number of hydrogen-bond donors (Lipinski definition) is 2. The Morgan fingerprint density at radius 2 is 2.15 bits per heavy atom. The first-order valence-corrected chi connectivity index (χ1v) is 7.06.